The quantitative estimate of drug-likeness (QED) is 0.776. The number of alkyl halides is 1. The lowest BCUT2D eigenvalue weighted by Gasteiger charge is -2.18. The summed E-state index contributed by atoms with van der Waals surface area (Å²) in [5, 5.41) is 5.78. The smallest absolute Gasteiger partial charge is 0.234 e. The Hall–Kier alpha value is -0.820. The zero-order valence-electron chi connectivity index (χ0n) is 12.1. The van der Waals surface area contributed by atoms with Crippen molar-refractivity contribution in [1.82, 2.24) is 10.6 Å². The van der Waals surface area contributed by atoms with Crippen molar-refractivity contribution < 1.29 is 13.2 Å². The van der Waals surface area contributed by atoms with Crippen LogP contribution in [0.4, 0.5) is 0 Å². The van der Waals surface area contributed by atoms with Crippen molar-refractivity contribution in [3.8, 4) is 0 Å². The molecule has 5 nitrogen and oxygen atoms in total. The highest BCUT2D eigenvalue weighted by Gasteiger charge is 2.37. The maximum Gasteiger partial charge on any atom is 0.234 e. The van der Waals surface area contributed by atoms with E-state index in [0.717, 1.165) is 5.56 Å². The monoisotopic (exact) mass is 364 g/mol. The van der Waals surface area contributed by atoms with E-state index in [4.69, 9.17) is 23.2 Å². The van der Waals surface area contributed by atoms with E-state index >= 15 is 0 Å². The summed E-state index contributed by atoms with van der Waals surface area (Å²) in [7, 11) is -3.15. The molecular formula is C14H18Cl2N2O3S. The van der Waals surface area contributed by atoms with Crippen molar-refractivity contribution in [3.63, 3.8) is 0 Å². The van der Waals surface area contributed by atoms with Crippen molar-refractivity contribution in [1.29, 1.82) is 0 Å². The van der Waals surface area contributed by atoms with Crippen molar-refractivity contribution in [2.24, 2.45) is 0 Å². The van der Waals surface area contributed by atoms with Crippen LogP contribution < -0.4 is 10.6 Å². The summed E-state index contributed by atoms with van der Waals surface area (Å²) < 4.78 is 22.9. The number of hydrogen-bond donors (Lipinski definition) is 2. The van der Waals surface area contributed by atoms with E-state index in [2.05, 4.69) is 10.6 Å². The second-order valence-corrected chi connectivity index (χ2v) is 8.51. The molecule has 1 heterocycles. The number of nitrogens with one attached hydrogen (secondary N) is 2. The van der Waals surface area contributed by atoms with Crippen LogP contribution in [0.15, 0.2) is 24.3 Å². The Labute approximate surface area is 140 Å². The van der Waals surface area contributed by atoms with Gasteiger partial charge in [-0.25, -0.2) is 8.42 Å². The van der Waals surface area contributed by atoms with Gasteiger partial charge in [-0.1, -0.05) is 29.8 Å². The highest BCUT2D eigenvalue weighted by Crippen LogP contribution is 2.22. The first-order chi connectivity index (χ1) is 10.3. The molecule has 0 aliphatic carbocycles. The third kappa shape index (κ3) is 4.59. The van der Waals surface area contributed by atoms with Crippen molar-refractivity contribution >= 4 is 38.9 Å². The van der Waals surface area contributed by atoms with Crippen molar-refractivity contribution in [2.75, 3.05) is 18.1 Å². The molecule has 1 aliphatic heterocycles. The van der Waals surface area contributed by atoms with Gasteiger partial charge < -0.3 is 10.6 Å². The molecule has 2 N–H and O–H groups in total. The van der Waals surface area contributed by atoms with Crippen LogP contribution in [0.25, 0.3) is 0 Å². The second kappa shape index (κ2) is 7.17. The van der Waals surface area contributed by atoms with Crippen LogP contribution in [0.3, 0.4) is 0 Å². The van der Waals surface area contributed by atoms with Gasteiger partial charge in [0, 0.05) is 11.1 Å². The summed E-state index contributed by atoms with van der Waals surface area (Å²) in [5.41, 5.74) is 0.899. The van der Waals surface area contributed by atoms with E-state index in [1.165, 1.54) is 0 Å². The highest BCUT2D eigenvalue weighted by molar-refractivity contribution is 7.91. The third-order valence-electron chi connectivity index (χ3n) is 3.57. The average molecular weight is 365 g/mol. The van der Waals surface area contributed by atoms with Crippen LogP contribution in [-0.2, 0) is 14.6 Å². The zero-order valence-corrected chi connectivity index (χ0v) is 14.4. The fourth-order valence-electron chi connectivity index (χ4n) is 2.38. The number of benzene rings is 1. The predicted octanol–water partition coefficient (Wildman–Crippen LogP) is 1.51. The summed E-state index contributed by atoms with van der Waals surface area (Å²) in [6.45, 7) is 1.96. The van der Waals surface area contributed by atoms with Crippen LogP contribution in [0.2, 0.25) is 5.02 Å². The summed E-state index contributed by atoms with van der Waals surface area (Å²) >= 11 is 12.1. The van der Waals surface area contributed by atoms with Gasteiger partial charge in [-0.15, -0.1) is 11.6 Å². The first kappa shape index (κ1) is 17.5. The molecule has 3 atom stereocenters. The lowest BCUT2D eigenvalue weighted by Crippen LogP contribution is -2.44. The molecule has 0 unspecified atom stereocenters. The Morgan fingerprint density at radius 3 is 2.64 bits per heavy atom. The molecule has 1 fully saturated rings. The molecule has 1 amide bonds. The van der Waals surface area contributed by atoms with E-state index in [9.17, 15) is 13.2 Å². The first-order valence-electron chi connectivity index (χ1n) is 6.90. The van der Waals surface area contributed by atoms with E-state index in [1.807, 2.05) is 25.1 Å². The second-order valence-electron chi connectivity index (χ2n) is 5.39. The molecule has 0 saturated carbocycles. The van der Waals surface area contributed by atoms with Gasteiger partial charge in [-0.2, -0.15) is 0 Å². The van der Waals surface area contributed by atoms with Gasteiger partial charge in [0.2, 0.25) is 5.91 Å². The van der Waals surface area contributed by atoms with Gasteiger partial charge >= 0.3 is 0 Å². The van der Waals surface area contributed by atoms with E-state index < -0.39 is 21.3 Å². The van der Waals surface area contributed by atoms with Crippen LogP contribution in [0.1, 0.15) is 18.5 Å². The molecule has 0 spiro atoms. The first-order valence-corrected chi connectivity index (χ1v) is 9.54. The molecule has 1 aliphatic rings. The Kier molecular flexibility index (Phi) is 5.71. The molecule has 1 aromatic rings. The van der Waals surface area contributed by atoms with Crippen LogP contribution >= 0.6 is 23.2 Å². The van der Waals surface area contributed by atoms with Crippen molar-refractivity contribution in [3.05, 3.63) is 34.9 Å². The Bertz CT molecular complexity index is 651. The fourth-order valence-corrected chi connectivity index (χ4v) is 5.23. The maximum absolute atomic E-state index is 11.9. The summed E-state index contributed by atoms with van der Waals surface area (Å²) in [4.78, 5) is 11.9. The zero-order chi connectivity index (χ0) is 16.3. The topological polar surface area (TPSA) is 75.3 Å². The molecule has 8 heteroatoms. The predicted molar refractivity (Wildman–Crippen MR) is 88.1 cm³/mol. The summed E-state index contributed by atoms with van der Waals surface area (Å²) in [5.74, 6) is -0.484. The molecular weight excluding hydrogens is 347 g/mol. The largest absolute Gasteiger partial charge is 0.350 e. The normalized spacial score (nSPS) is 24.9. The number of sulfone groups is 1. The molecule has 1 saturated heterocycles. The van der Waals surface area contributed by atoms with E-state index in [-0.39, 0.29) is 30.0 Å². The molecule has 0 radical (unpaired) electrons. The maximum atomic E-state index is 11.9. The SMILES string of the molecule is C[C@H](NCC(=O)N[C@@H]1CS(=O)(=O)C[C@@H]1Cl)c1ccccc1Cl. The van der Waals surface area contributed by atoms with Gasteiger partial charge in [0.1, 0.15) is 0 Å². The van der Waals surface area contributed by atoms with Crippen LogP contribution in [0.5, 0.6) is 0 Å². The summed E-state index contributed by atoms with van der Waals surface area (Å²) in [6.07, 6.45) is 0. The van der Waals surface area contributed by atoms with E-state index in [0.29, 0.717) is 5.02 Å². The number of rotatable bonds is 5. The lowest BCUT2D eigenvalue weighted by atomic mass is 10.1. The van der Waals surface area contributed by atoms with Crippen LogP contribution in [-0.4, -0.2) is 43.8 Å². The molecule has 122 valence electrons. The number of carbonyl (C=O) groups is 1. The van der Waals surface area contributed by atoms with E-state index in [1.54, 1.807) is 6.07 Å². The van der Waals surface area contributed by atoms with Gasteiger partial charge in [0.25, 0.3) is 0 Å². The number of halogens is 2. The van der Waals surface area contributed by atoms with Crippen LogP contribution in [0, 0.1) is 0 Å². The molecule has 0 aromatic heterocycles. The van der Waals surface area contributed by atoms with Gasteiger partial charge in [0.15, 0.2) is 9.84 Å². The highest BCUT2D eigenvalue weighted by atomic mass is 35.5. The Balaban J connectivity index is 1.85. The summed E-state index contributed by atoms with van der Waals surface area (Å²) in [6, 6.07) is 6.76. The molecule has 0 bridgehead atoms. The molecule has 2 rings (SSSR count). The van der Waals surface area contributed by atoms with Gasteiger partial charge in [0.05, 0.1) is 29.5 Å². The Morgan fingerprint density at radius 1 is 1.36 bits per heavy atom. The number of carbonyl (C=O) groups excluding carboxylic acids is 1. The lowest BCUT2D eigenvalue weighted by molar-refractivity contribution is -0.120. The minimum atomic E-state index is -3.15. The van der Waals surface area contributed by atoms with Gasteiger partial charge in [-0.05, 0) is 18.6 Å². The number of hydrogen-bond acceptors (Lipinski definition) is 4. The molecule has 22 heavy (non-hydrogen) atoms. The van der Waals surface area contributed by atoms with Crippen molar-refractivity contribution in [2.45, 2.75) is 24.4 Å². The Morgan fingerprint density at radius 2 is 2.05 bits per heavy atom. The standard InChI is InChI=1S/C14H18Cl2N2O3S/c1-9(10-4-2-3-5-11(10)15)17-6-14(19)18-13-8-22(20,21)7-12(13)16/h2-5,9,12-13,17H,6-8H2,1H3,(H,18,19)/t9-,12-,13+/m0/s1. The fraction of sp³-hybridized carbons (Fsp3) is 0.500. The molecule has 1 aromatic carbocycles. The number of amides is 1. The minimum Gasteiger partial charge on any atom is -0.350 e. The third-order valence-corrected chi connectivity index (χ3v) is 6.29. The van der Waals surface area contributed by atoms with Gasteiger partial charge in [-0.3, -0.25) is 4.79 Å². The minimum absolute atomic E-state index is 0.0620. The average Bonchev–Trinajstić information content (AvgIpc) is 2.69.